The highest BCUT2D eigenvalue weighted by molar-refractivity contribution is 5.90. The predicted molar refractivity (Wildman–Crippen MR) is 96.6 cm³/mol. The highest BCUT2D eigenvalue weighted by Crippen LogP contribution is 2.33. The largest absolute Gasteiger partial charge is 0.368 e. The Morgan fingerprint density at radius 3 is 2.24 bits per heavy atom. The van der Waals surface area contributed by atoms with Crippen molar-refractivity contribution in [3.8, 4) is 0 Å². The van der Waals surface area contributed by atoms with E-state index in [1.165, 1.54) is 0 Å². The molecule has 4 N–H and O–H groups in total. The Morgan fingerprint density at radius 2 is 1.64 bits per heavy atom. The fourth-order valence-corrected chi connectivity index (χ4v) is 3.61. The van der Waals surface area contributed by atoms with Gasteiger partial charge in [0.15, 0.2) is 0 Å². The Kier molecular flexibility index (Phi) is 5.14. The van der Waals surface area contributed by atoms with Crippen molar-refractivity contribution >= 4 is 11.8 Å². The SMILES string of the molecule is NC(=O)C1C(c2ccccc2)CCN1C(=O)[C@@H](N)Cc1ccccc1. The zero-order valence-corrected chi connectivity index (χ0v) is 14.0. The van der Waals surface area contributed by atoms with Gasteiger partial charge in [0.2, 0.25) is 11.8 Å². The molecule has 1 aliphatic rings. The van der Waals surface area contributed by atoms with Crippen molar-refractivity contribution in [1.82, 2.24) is 4.90 Å². The molecule has 130 valence electrons. The van der Waals surface area contributed by atoms with E-state index >= 15 is 0 Å². The van der Waals surface area contributed by atoms with E-state index in [9.17, 15) is 9.59 Å². The van der Waals surface area contributed by atoms with Gasteiger partial charge in [-0.1, -0.05) is 60.7 Å². The highest BCUT2D eigenvalue weighted by atomic mass is 16.2. The van der Waals surface area contributed by atoms with Crippen LogP contribution in [-0.2, 0) is 16.0 Å². The van der Waals surface area contributed by atoms with Crippen molar-refractivity contribution < 1.29 is 9.59 Å². The molecule has 0 saturated carbocycles. The van der Waals surface area contributed by atoms with Gasteiger partial charge in [0.05, 0.1) is 6.04 Å². The maximum atomic E-state index is 12.8. The van der Waals surface area contributed by atoms with Gasteiger partial charge in [-0.2, -0.15) is 0 Å². The lowest BCUT2D eigenvalue weighted by Gasteiger charge is -2.28. The Balaban J connectivity index is 1.76. The van der Waals surface area contributed by atoms with Gasteiger partial charge in [-0.25, -0.2) is 0 Å². The molecule has 25 heavy (non-hydrogen) atoms. The summed E-state index contributed by atoms with van der Waals surface area (Å²) < 4.78 is 0. The van der Waals surface area contributed by atoms with Crippen LogP contribution in [-0.4, -0.2) is 35.3 Å². The monoisotopic (exact) mass is 337 g/mol. The third kappa shape index (κ3) is 3.72. The van der Waals surface area contributed by atoms with Crippen molar-refractivity contribution in [3.63, 3.8) is 0 Å². The first-order chi connectivity index (χ1) is 12.1. The van der Waals surface area contributed by atoms with Crippen LogP contribution in [0.1, 0.15) is 23.5 Å². The topological polar surface area (TPSA) is 89.4 Å². The number of carbonyl (C=O) groups is 2. The normalized spacial score (nSPS) is 21.1. The van der Waals surface area contributed by atoms with Crippen molar-refractivity contribution in [2.45, 2.75) is 30.8 Å². The first-order valence-electron chi connectivity index (χ1n) is 8.52. The molecule has 1 heterocycles. The van der Waals surface area contributed by atoms with E-state index in [2.05, 4.69) is 0 Å². The van der Waals surface area contributed by atoms with E-state index in [0.717, 1.165) is 11.1 Å². The Labute approximate surface area is 147 Å². The molecule has 5 heteroatoms. The van der Waals surface area contributed by atoms with E-state index in [1.807, 2.05) is 60.7 Å². The molecule has 2 amide bonds. The lowest BCUT2D eigenvalue weighted by Crippen LogP contribution is -2.52. The van der Waals surface area contributed by atoms with Gasteiger partial charge in [-0.3, -0.25) is 9.59 Å². The number of amides is 2. The van der Waals surface area contributed by atoms with Crippen LogP contribution in [0, 0.1) is 0 Å². The van der Waals surface area contributed by atoms with Gasteiger partial charge < -0.3 is 16.4 Å². The van der Waals surface area contributed by atoms with Crippen LogP contribution in [0.15, 0.2) is 60.7 Å². The summed E-state index contributed by atoms with van der Waals surface area (Å²) in [5, 5.41) is 0. The first-order valence-corrected chi connectivity index (χ1v) is 8.52. The molecular weight excluding hydrogens is 314 g/mol. The molecule has 0 aliphatic carbocycles. The standard InChI is InChI=1S/C20H23N3O2/c21-17(13-14-7-3-1-4-8-14)20(25)23-12-11-16(18(23)19(22)24)15-9-5-2-6-10-15/h1-10,16-18H,11-13,21H2,(H2,22,24)/t16?,17-,18?/m0/s1. The van der Waals surface area contributed by atoms with Crippen molar-refractivity contribution in [1.29, 1.82) is 0 Å². The maximum Gasteiger partial charge on any atom is 0.240 e. The molecule has 3 rings (SSSR count). The third-order valence-corrected chi connectivity index (χ3v) is 4.82. The van der Waals surface area contributed by atoms with E-state index in [4.69, 9.17) is 11.5 Å². The van der Waals surface area contributed by atoms with Gasteiger partial charge in [-0.05, 0) is 24.0 Å². The summed E-state index contributed by atoms with van der Waals surface area (Å²) in [7, 11) is 0. The molecule has 2 aromatic rings. The molecule has 0 spiro atoms. The van der Waals surface area contributed by atoms with Crippen LogP contribution in [0.25, 0.3) is 0 Å². The lowest BCUT2D eigenvalue weighted by atomic mass is 9.91. The summed E-state index contributed by atoms with van der Waals surface area (Å²) in [5.41, 5.74) is 13.8. The number of nitrogens with two attached hydrogens (primary N) is 2. The number of primary amides is 1. The third-order valence-electron chi connectivity index (χ3n) is 4.82. The minimum Gasteiger partial charge on any atom is -0.368 e. The van der Waals surface area contributed by atoms with Crippen LogP contribution in [0.4, 0.5) is 0 Å². The highest BCUT2D eigenvalue weighted by Gasteiger charge is 2.42. The quantitative estimate of drug-likeness (QED) is 0.865. The summed E-state index contributed by atoms with van der Waals surface area (Å²) >= 11 is 0. The zero-order chi connectivity index (χ0) is 17.8. The summed E-state index contributed by atoms with van der Waals surface area (Å²) in [6.45, 7) is 0.495. The number of likely N-dealkylation sites (tertiary alicyclic amines) is 1. The average Bonchev–Trinajstić information content (AvgIpc) is 3.08. The summed E-state index contributed by atoms with van der Waals surface area (Å²) in [5.74, 6) is -0.774. The van der Waals surface area contributed by atoms with Gasteiger partial charge in [0.25, 0.3) is 0 Å². The van der Waals surface area contributed by atoms with Gasteiger partial charge in [0, 0.05) is 12.5 Å². The van der Waals surface area contributed by atoms with Crippen LogP contribution in [0.2, 0.25) is 0 Å². The summed E-state index contributed by atoms with van der Waals surface area (Å²) in [4.78, 5) is 26.5. The zero-order valence-electron chi connectivity index (χ0n) is 14.0. The van der Waals surface area contributed by atoms with Gasteiger partial charge in [0.1, 0.15) is 6.04 Å². The van der Waals surface area contributed by atoms with Crippen LogP contribution < -0.4 is 11.5 Å². The van der Waals surface area contributed by atoms with E-state index in [0.29, 0.717) is 19.4 Å². The van der Waals surface area contributed by atoms with Crippen LogP contribution >= 0.6 is 0 Å². The number of rotatable bonds is 5. The molecule has 0 radical (unpaired) electrons. The molecule has 3 atom stereocenters. The summed E-state index contributed by atoms with van der Waals surface area (Å²) in [6, 6.07) is 18.0. The van der Waals surface area contributed by atoms with Gasteiger partial charge in [-0.15, -0.1) is 0 Å². The molecule has 1 saturated heterocycles. The minimum absolute atomic E-state index is 0.0772. The van der Waals surface area contributed by atoms with Crippen LogP contribution in [0.5, 0.6) is 0 Å². The van der Waals surface area contributed by atoms with Crippen molar-refractivity contribution in [3.05, 3.63) is 71.8 Å². The second kappa shape index (κ2) is 7.49. The Morgan fingerprint density at radius 1 is 1.04 bits per heavy atom. The fraction of sp³-hybridized carbons (Fsp3) is 0.300. The Hall–Kier alpha value is -2.66. The number of carbonyl (C=O) groups excluding carboxylic acids is 2. The van der Waals surface area contributed by atoms with E-state index in [1.54, 1.807) is 4.90 Å². The second-order valence-electron chi connectivity index (χ2n) is 6.48. The molecule has 1 fully saturated rings. The minimum atomic E-state index is -0.682. The summed E-state index contributed by atoms with van der Waals surface area (Å²) in [6.07, 6.45) is 1.15. The number of hydrogen-bond acceptors (Lipinski definition) is 3. The van der Waals surface area contributed by atoms with Gasteiger partial charge >= 0.3 is 0 Å². The van der Waals surface area contributed by atoms with Crippen molar-refractivity contribution in [2.75, 3.05) is 6.54 Å². The Bertz CT molecular complexity index is 733. The molecule has 2 aromatic carbocycles. The first kappa shape index (κ1) is 17.2. The molecule has 0 bridgehead atoms. The van der Waals surface area contributed by atoms with E-state index < -0.39 is 18.0 Å². The van der Waals surface area contributed by atoms with Crippen molar-refractivity contribution in [2.24, 2.45) is 11.5 Å². The molecular formula is C20H23N3O2. The van der Waals surface area contributed by atoms with E-state index in [-0.39, 0.29) is 11.8 Å². The fourth-order valence-electron chi connectivity index (χ4n) is 3.61. The smallest absolute Gasteiger partial charge is 0.240 e. The van der Waals surface area contributed by atoms with Crippen LogP contribution in [0.3, 0.4) is 0 Å². The molecule has 5 nitrogen and oxygen atoms in total. The predicted octanol–water partition coefficient (Wildman–Crippen LogP) is 1.43. The average molecular weight is 337 g/mol. The second-order valence-corrected chi connectivity index (χ2v) is 6.48. The molecule has 0 aromatic heterocycles. The molecule has 2 unspecified atom stereocenters. The lowest BCUT2D eigenvalue weighted by molar-refractivity contribution is -0.138. The maximum absolute atomic E-state index is 12.8. The number of benzene rings is 2. The number of nitrogens with zero attached hydrogens (tertiary/aromatic N) is 1. The molecule has 1 aliphatic heterocycles. The number of hydrogen-bond donors (Lipinski definition) is 2.